The average molecular weight is 497 g/mol. The highest BCUT2D eigenvalue weighted by atomic mass is 32.2. The molecule has 0 bridgehead atoms. The largest absolute Gasteiger partial charge is 0.465 e. The Balaban J connectivity index is 2.27. The van der Waals surface area contributed by atoms with Gasteiger partial charge in [0, 0.05) is 9.79 Å². The zero-order chi connectivity index (χ0) is 24.8. The number of nitrogens with zero attached hydrogens (tertiary/aromatic N) is 2. The van der Waals surface area contributed by atoms with Gasteiger partial charge in [-0.2, -0.15) is 10.5 Å². The monoisotopic (exact) mass is 496 g/mol. The zero-order valence-corrected chi connectivity index (χ0v) is 19.4. The van der Waals surface area contributed by atoms with Crippen LogP contribution in [-0.2, 0) is 9.47 Å². The SMILES string of the molecule is COC(=O)c1ccccc1Sc1c(F)c(C#N)c(C#N)c(F)c1Sc1ccccc1C(=O)OC. The second kappa shape index (κ2) is 10.8. The molecule has 3 aromatic carbocycles. The van der Waals surface area contributed by atoms with E-state index in [0.717, 1.165) is 0 Å². The molecule has 0 saturated carbocycles. The van der Waals surface area contributed by atoms with Gasteiger partial charge in [-0.25, -0.2) is 18.4 Å². The first-order valence-corrected chi connectivity index (χ1v) is 11.1. The van der Waals surface area contributed by atoms with Crippen molar-refractivity contribution >= 4 is 35.5 Å². The van der Waals surface area contributed by atoms with Gasteiger partial charge < -0.3 is 9.47 Å². The molecular weight excluding hydrogens is 482 g/mol. The molecule has 0 heterocycles. The molecule has 0 aliphatic heterocycles. The van der Waals surface area contributed by atoms with Gasteiger partial charge in [0.05, 0.1) is 35.1 Å². The number of carbonyl (C=O) groups excluding carboxylic acids is 2. The summed E-state index contributed by atoms with van der Waals surface area (Å²) in [5.74, 6) is -3.63. The van der Waals surface area contributed by atoms with Crippen molar-refractivity contribution in [3.63, 3.8) is 0 Å². The van der Waals surface area contributed by atoms with E-state index >= 15 is 8.78 Å². The van der Waals surface area contributed by atoms with E-state index < -0.39 is 34.7 Å². The molecule has 0 aliphatic rings. The Morgan fingerprint density at radius 2 is 1.09 bits per heavy atom. The van der Waals surface area contributed by atoms with Crippen LogP contribution in [0.2, 0.25) is 0 Å². The van der Waals surface area contributed by atoms with Gasteiger partial charge in [0.25, 0.3) is 0 Å². The lowest BCUT2D eigenvalue weighted by atomic mass is 10.1. The molecule has 0 amide bonds. The maximum Gasteiger partial charge on any atom is 0.339 e. The number of hydrogen-bond donors (Lipinski definition) is 0. The van der Waals surface area contributed by atoms with Gasteiger partial charge in [0.15, 0.2) is 11.6 Å². The standard InChI is InChI=1S/C24H14F2N2O4S2/c1-31-23(29)13-7-3-5-9-17(13)33-21-19(25)15(11-27)16(12-28)20(26)22(21)34-18-10-6-4-8-14(18)24(30)32-2/h3-10H,1-2H3. The third-order valence-electron chi connectivity index (χ3n) is 4.53. The zero-order valence-electron chi connectivity index (χ0n) is 17.7. The summed E-state index contributed by atoms with van der Waals surface area (Å²) in [4.78, 5) is 24.2. The Morgan fingerprint density at radius 3 is 1.41 bits per heavy atom. The fourth-order valence-electron chi connectivity index (χ4n) is 2.93. The van der Waals surface area contributed by atoms with E-state index in [0.29, 0.717) is 23.5 Å². The molecule has 3 rings (SSSR count). The van der Waals surface area contributed by atoms with Crippen molar-refractivity contribution in [2.75, 3.05) is 14.2 Å². The minimum Gasteiger partial charge on any atom is -0.465 e. The Bertz CT molecular complexity index is 1280. The predicted molar refractivity (Wildman–Crippen MR) is 120 cm³/mol. The quantitative estimate of drug-likeness (QED) is 0.408. The fourth-order valence-corrected chi connectivity index (χ4v) is 5.18. The van der Waals surface area contributed by atoms with E-state index in [4.69, 9.17) is 9.47 Å². The molecule has 0 fully saturated rings. The number of ether oxygens (including phenoxy) is 2. The Hall–Kier alpha value is -3.86. The maximum absolute atomic E-state index is 15.5. The average Bonchev–Trinajstić information content (AvgIpc) is 2.87. The van der Waals surface area contributed by atoms with Gasteiger partial charge in [-0.3, -0.25) is 0 Å². The minimum absolute atomic E-state index is 0.101. The van der Waals surface area contributed by atoms with E-state index in [1.165, 1.54) is 50.6 Å². The third kappa shape index (κ3) is 4.74. The number of hydrogen-bond acceptors (Lipinski definition) is 8. The summed E-state index contributed by atoms with van der Waals surface area (Å²) in [6.07, 6.45) is 0. The van der Waals surface area contributed by atoms with Crippen LogP contribution in [0.15, 0.2) is 68.1 Å². The smallest absolute Gasteiger partial charge is 0.339 e. The molecule has 0 spiro atoms. The lowest BCUT2D eigenvalue weighted by Crippen LogP contribution is -2.06. The highest BCUT2D eigenvalue weighted by Gasteiger charge is 2.28. The molecule has 0 atom stereocenters. The van der Waals surface area contributed by atoms with Gasteiger partial charge in [0.1, 0.15) is 23.3 Å². The molecule has 0 N–H and O–H groups in total. The molecule has 0 unspecified atom stereocenters. The van der Waals surface area contributed by atoms with Gasteiger partial charge in [-0.15, -0.1) is 0 Å². The van der Waals surface area contributed by atoms with Crippen LogP contribution in [0, 0.1) is 34.3 Å². The number of esters is 2. The second-order valence-electron chi connectivity index (χ2n) is 6.44. The number of rotatable bonds is 6. The van der Waals surface area contributed by atoms with Crippen LogP contribution in [0.4, 0.5) is 8.78 Å². The van der Waals surface area contributed by atoms with E-state index in [1.807, 2.05) is 0 Å². The number of carbonyl (C=O) groups is 2. The van der Waals surface area contributed by atoms with Crippen LogP contribution in [0.5, 0.6) is 0 Å². The van der Waals surface area contributed by atoms with Crippen LogP contribution in [0.3, 0.4) is 0 Å². The molecule has 10 heteroatoms. The first-order chi connectivity index (χ1) is 16.4. The van der Waals surface area contributed by atoms with E-state index in [-0.39, 0.29) is 30.7 Å². The Kier molecular flexibility index (Phi) is 7.90. The highest BCUT2D eigenvalue weighted by molar-refractivity contribution is 8.02. The molecule has 6 nitrogen and oxygen atoms in total. The summed E-state index contributed by atoms with van der Waals surface area (Å²) in [7, 11) is 2.37. The lowest BCUT2D eigenvalue weighted by Gasteiger charge is -2.16. The van der Waals surface area contributed by atoms with Gasteiger partial charge in [0.2, 0.25) is 0 Å². The van der Waals surface area contributed by atoms with Gasteiger partial charge >= 0.3 is 11.9 Å². The Morgan fingerprint density at radius 1 is 0.735 bits per heavy atom. The summed E-state index contributed by atoms with van der Waals surface area (Å²) >= 11 is 1.40. The highest BCUT2D eigenvalue weighted by Crippen LogP contribution is 2.45. The first-order valence-electron chi connectivity index (χ1n) is 9.43. The molecule has 3 aromatic rings. The van der Waals surface area contributed by atoms with Crippen molar-refractivity contribution < 1.29 is 27.8 Å². The third-order valence-corrected chi connectivity index (χ3v) is 6.98. The van der Waals surface area contributed by atoms with Crippen molar-refractivity contribution in [3.05, 3.63) is 82.4 Å². The predicted octanol–water partition coefficient (Wildman–Crippen LogP) is 5.58. The number of halogens is 2. The summed E-state index contributed by atoms with van der Waals surface area (Å²) < 4.78 is 40.5. The summed E-state index contributed by atoms with van der Waals surface area (Å²) in [5, 5.41) is 18.8. The second-order valence-corrected chi connectivity index (χ2v) is 8.54. The molecule has 34 heavy (non-hydrogen) atoms. The summed E-state index contributed by atoms with van der Waals surface area (Å²) in [6.45, 7) is 0. The minimum atomic E-state index is -1.12. The van der Waals surface area contributed by atoms with Crippen LogP contribution < -0.4 is 0 Å². The van der Waals surface area contributed by atoms with Crippen molar-refractivity contribution in [2.24, 2.45) is 0 Å². The van der Waals surface area contributed by atoms with Crippen LogP contribution >= 0.6 is 23.5 Å². The first kappa shape index (κ1) is 24.8. The molecule has 170 valence electrons. The Labute approximate surface area is 202 Å². The van der Waals surface area contributed by atoms with E-state index in [9.17, 15) is 20.1 Å². The fraction of sp³-hybridized carbons (Fsp3) is 0.0833. The van der Waals surface area contributed by atoms with Crippen LogP contribution in [0.1, 0.15) is 31.8 Å². The van der Waals surface area contributed by atoms with E-state index in [1.54, 1.807) is 24.3 Å². The van der Waals surface area contributed by atoms with Crippen molar-refractivity contribution in [1.82, 2.24) is 0 Å². The lowest BCUT2D eigenvalue weighted by molar-refractivity contribution is 0.0588. The van der Waals surface area contributed by atoms with E-state index in [2.05, 4.69) is 0 Å². The molecule has 0 aliphatic carbocycles. The number of benzene rings is 3. The normalized spacial score (nSPS) is 10.2. The van der Waals surface area contributed by atoms with Gasteiger partial charge in [-0.05, 0) is 24.3 Å². The topological polar surface area (TPSA) is 100 Å². The number of nitriles is 2. The maximum atomic E-state index is 15.5. The molecule has 0 aromatic heterocycles. The summed E-state index contributed by atoms with van der Waals surface area (Å²) in [5.41, 5.74) is -1.32. The molecular formula is C24H14F2N2O4S2. The van der Waals surface area contributed by atoms with Crippen LogP contribution in [-0.4, -0.2) is 26.2 Å². The van der Waals surface area contributed by atoms with Crippen LogP contribution in [0.25, 0.3) is 0 Å². The van der Waals surface area contributed by atoms with Gasteiger partial charge in [-0.1, -0.05) is 47.8 Å². The van der Waals surface area contributed by atoms with Crippen molar-refractivity contribution in [3.8, 4) is 12.1 Å². The van der Waals surface area contributed by atoms with Crippen molar-refractivity contribution in [2.45, 2.75) is 19.6 Å². The number of methoxy groups -OCH3 is 2. The molecule has 0 saturated heterocycles. The summed E-state index contributed by atoms with van der Waals surface area (Å²) in [6, 6.07) is 15.3. The van der Waals surface area contributed by atoms with Crippen molar-refractivity contribution in [1.29, 1.82) is 10.5 Å². The molecule has 0 radical (unpaired) electrons.